The number of ketones is 1. The molecule has 1 N–H and O–H groups in total. The van der Waals surface area contributed by atoms with Crippen molar-refractivity contribution < 1.29 is 14.7 Å². The maximum absolute atomic E-state index is 13.4. The van der Waals surface area contributed by atoms with Gasteiger partial charge in [0.1, 0.15) is 0 Å². The molecule has 4 rings (SSSR count). The summed E-state index contributed by atoms with van der Waals surface area (Å²) in [6, 6.07) is 14.7. The van der Waals surface area contributed by atoms with Gasteiger partial charge in [0.2, 0.25) is 0 Å². The van der Waals surface area contributed by atoms with Gasteiger partial charge in [-0.2, -0.15) is 0 Å². The Labute approximate surface area is 184 Å². The average molecular weight is 422 g/mol. The van der Waals surface area contributed by atoms with Gasteiger partial charge in [-0.3, -0.25) is 19.4 Å². The fraction of sp³-hybridized carbons (Fsp3) is 0.440. The zero-order valence-corrected chi connectivity index (χ0v) is 18.4. The van der Waals surface area contributed by atoms with Gasteiger partial charge in [0.05, 0.1) is 18.8 Å². The van der Waals surface area contributed by atoms with Crippen LogP contribution in [0.5, 0.6) is 0 Å². The van der Waals surface area contributed by atoms with Gasteiger partial charge in [-0.1, -0.05) is 56.3 Å². The number of para-hydroxylation sites is 1. The molecule has 1 fully saturated rings. The molecular weight excluding hydrogens is 390 g/mol. The molecule has 0 aromatic heterocycles. The third-order valence-corrected chi connectivity index (χ3v) is 6.59. The van der Waals surface area contributed by atoms with Crippen molar-refractivity contribution in [1.29, 1.82) is 0 Å². The number of Topliss-reactive ketones (excluding diaryl/α,β-unsaturated/α-hetero) is 1. The number of carbonyl (C=O) groups is 2. The zero-order chi connectivity index (χ0) is 22.0. The highest BCUT2D eigenvalue weighted by Gasteiger charge is 2.51. The minimum absolute atomic E-state index is 0.230. The van der Waals surface area contributed by atoms with Gasteiger partial charge in [0.25, 0.3) is 5.91 Å². The first-order valence-electron chi connectivity index (χ1n) is 11.2. The standard InChI is InChI=1S/C25H31N3O3/c1-3-19-9-11-20(12-10-19)23(29)17-25(31)21-7-5-6-8-22(21)28(24(25)30)18-27-15-13-26(4-2)14-16-27/h5-12,31H,3-4,13-18H2,1-2H3. The Hall–Kier alpha value is -2.54. The molecule has 2 aliphatic heterocycles. The summed E-state index contributed by atoms with van der Waals surface area (Å²) in [4.78, 5) is 32.7. The number of hydrogen-bond donors (Lipinski definition) is 1. The largest absolute Gasteiger partial charge is 0.375 e. The lowest BCUT2D eigenvalue weighted by atomic mass is 9.88. The van der Waals surface area contributed by atoms with Gasteiger partial charge >= 0.3 is 0 Å². The molecule has 0 aliphatic carbocycles. The molecule has 1 saturated heterocycles. The van der Waals surface area contributed by atoms with Crippen LogP contribution in [0, 0.1) is 0 Å². The third-order valence-electron chi connectivity index (χ3n) is 6.59. The summed E-state index contributed by atoms with van der Waals surface area (Å²) < 4.78 is 0. The topological polar surface area (TPSA) is 64.1 Å². The van der Waals surface area contributed by atoms with E-state index in [2.05, 4.69) is 23.6 Å². The summed E-state index contributed by atoms with van der Waals surface area (Å²) >= 11 is 0. The van der Waals surface area contributed by atoms with Crippen LogP contribution >= 0.6 is 0 Å². The molecule has 0 radical (unpaired) electrons. The number of amides is 1. The molecule has 31 heavy (non-hydrogen) atoms. The molecule has 6 nitrogen and oxygen atoms in total. The Morgan fingerprint density at radius 3 is 2.26 bits per heavy atom. The lowest BCUT2D eigenvalue weighted by Gasteiger charge is -2.36. The summed E-state index contributed by atoms with van der Waals surface area (Å²) in [6.45, 7) is 9.36. The molecule has 2 heterocycles. The molecule has 2 aromatic rings. The highest BCUT2D eigenvalue weighted by atomic mass is 16.3. The second kappa shape index (κ2) is 8.91. The zero-order valence-electron chi connectivity index (χ0n) is 18.4. The van der Waals surface area contributed by atoms with Crippen molar-refractivity contribution in [2.75, 3.05) is 44.3 Å². The fourth-order valence-corrected chi connectivity index (χ4v) is 4.53. The van der Waals surface area contributed by atoms with E-state index in [1.807, 2.05) is 24.3 Å². The number of piperazine rings is 1. The lowest BCUT2D eigenvalue weighted by molar-refractivity contribution is -0.136. The Morgan fingerprint density at radius 2 is 1.61 bits per heavy atom. The summed E-state index contributed by atoms with van der Waals surface area (Å²) in [5.41, 5.74) is 1.05. The van der Waals surface area contributed by atoms with Crippen LogP contribution in [0.25, 0.3) is 0 Å². The van der Waals surface area contributed by atoms with E-state index in [1.54, 1.807) is 29.2 Å². The van der Waals surface area contributed by atoms with Crippen LogP contribution in [-0.4, -0.2) is 66.0 Å². The Morgan fingerprint density at radius 1 is 0.968 bits per heavy atom. The molecule has 2 aliphatic rings. The number of anilines is 1. The molecule has 0 spiro atoms. The Kier molecular flexibility index (Phi) is 6.23. The van der Waals surface area contributed by atoms with Crippen LogP contribution in [0.2, 0.25) is 0 Å². The van der Waals surface area contributed by atoms with E-state index >= 15 is 0 Å². The van der Waals surface area contributed by atoms with Crippen LogP contribution < -0.4 is 4.90 Å². The summed E-state index contributed by atoms with van der Waals surface area (Å²) in [5, 5.41) is 11.5. The van der Waals surface area contributed by atoms with Crippen LogP contribution in [0.15, 0.2) is 48.5 Å². The second-order valence-corrected chi connectivity index (χ2v) is 8.45. The maximum atomic E-state index is 13.4. The van der Waals surface area contributed by atoms with E-state index in [-0.39, 0.29) is 12.2 Å². The monoisotopic (exact) mass is 421 g/mol. The van der Waals surface area contributed by atoms with Gasteiger partial charge in [-0.15, -0.1) is 0 Å². The first-order valence-corrected chi connectivity index (χ1v) is 11.2. The molecule has 0 bridgehead atoms. The van der Waals surface area contributed by atoms with Crippen molar-refractivity contribution in [3.05, 3.63) is 65.2 Å². The molecule has 1 unspecified atom stereocenters. The van der Waals surface area contributed by atoms with Crippen LogP contribution in [0.4, 0.5) is 5.69 Å². The Balaban J connectivity index is 1.55. The smallest absolute Gasteiger partial charge is 0.265 e. The van der Waals surface area contributed by atoms with E-state index in [1.165, 1.54) is 0 Å². The predicted molar refractivity (Wildman–Crippen MR) is 121 cm³/mol. The number of carbonyl (C=O) groups excluding carboxylic acids is 2. The number of hydrogen-bond acceptors (Lipinski definition) is 5. The number of benzene rings is 2. The van der Waals surface area contributed by atoms with Gasteiger partial charge in [0.15, 0.2) is 11.4 Å². The first kappa shape index (κ1) is 21.7. The fourth-order valence-electron chi connectivity index (χ4n) is 4.53. The number of aryl methyl sites for hydroxylation is 1. The van der Waals surface area contributed by atoms with Crippen molar-refractivity contribution >= 4 is 17.4 Å². The normalized spacial score (nSPS) is 22.0. The lowest BCUT2D eigenvalue weighted by Crippen LogP contribution is -2.52. The first-order chi connectivity index (χ1) is 15.0. The number of likely N-dealkylation sites (N-methyl/N-ethyl adjacent to an activating group) is 1. The quantitative estimate of drug-likeness (QED) is 0.697. The van der Waals surface area contributed by atoms with Crippen molar-refractivity contribution in [1.82, 2.24) is 9.80 Å². The minimum Gasteiger partial charge on any atom is -0.375 e. The number of aliphatic hydroxyl groups is 1. The molecule has 6 heteroatoms. The van der Waals surface area contributed by atoms with E-state index in [0.29, 0.717) is 23.5 Å². The minimum atomic E-state index is -1.83. The number of nitrogens with zero attached hydrogens (tertiary/aromatic N) is 3. The predicted octanol–water partition coefficient (Wildman–Crippen LogP) is 2.65. The molecular formula is C25H31N3O3. The SMILES string of the molecule is CCc1ccc(C(=O)CC2(O)C(=O)N(CN3CCN(CC)CC3)c3ccccc32)cc1. The van der Waals surface area contributed by atoms with Crippen LogP contribution in [0.3, 0.4) is 0 Å². The van der Waals surface area contributed by atoms with Crippen molar-refractivity contribution in [3.63, 3.8) is 0 Å². The van der Waals surface area contributed by atoms with Gasteiger partial charge < -0.3 is 10.0 Å². The van der Waals surface area contributed by atoms with E-state index in [9.17, 15) is 14.7 Å². The molecule has 1 atom stereocenters. The summed E-state index contributed by atoms with van der Waals surface area (Å²) in [7, 11) is 0. The average Bonchev–Trinajstić information content (AvgIpc) is 3.01. The van der Waals surface area contributed by atoms with Gasteiger partial charge in [-0.25, -0.2) is 0 Å². The van der Waals surface area contributed by atoms with Gasteiger partial charge in [0, 0.05) is 37.3 Å². The van der Waals surface area contributed by atoms with Crippen molar-refractivity contribution in [2.45, 2.75) is 32.3 Å². The van der Waals surface area contributed by atoms with Gasteiger partial charge in [-0.05, 0) is 24.6 Å². The van der Waals surface area contributed by atoms with Crippen LogP contribution in [0.1, 0.15) is 41.8 Å². The van der Waals surface area contributed by atoms with Crippen molar-refractivity contribution in [3.8, 4) is 0 Å². The van der Waals surface area contributed by atoms with E-state index < -0.39 is 11.5 Å². The maximum Gasteiger partial charge on any atom is 0.265 e. The number of rotatable bonds is 7. The third kappa shape index (κ3) is 4.15. The summed E-state index contributed by atoms with van der Waals surface area (Å²) in [6.07, 6.45) is 0.639. The summed E-state index contributed by atoms with van der Waals surface area (Å²) in [5.74, 6) is -0.642. The highest BCUT2D eigenvalue weighted by molar-refractivity contribution is 6.10. The molecule has 0 saturated carbocycles. The number of fused-ring (bicyclic) bond motifs is 1. The van der Waals surface area contributed by atoms with E-state index in [4.69, 9.17) is 0 Å². The van der Waals surface area contributed by atoms with E-state index in [0.717, 1.165) is 44.7 Å². The molecule has 1 amide bonds. The Bertz CT molecular complexity index is 951. The van der Waals surface area contributed by atoms with Crippen molar-refractivity contribution in [2.24, 2.45) is 0 Å². The molecule has 2 aromatic carbocycles. The second-order valence-electron chi connectivity index (χ2n) is 8.45. The highest BCUT2D eigenvalue weighted by Crippen LogP contribution is 2.43. The van der Waals surface area contributed by atoms with Crippen LogP contribution in [-0.2, 0) is 16.8 Å². The molecule has 164 valence electrons.